The Balaban J connectivity index is 1.32. The molecule has 0 aliphatic heterocycles. The van der Waals surface area contributed by atoms with Crippen LogP contribution in [0.15, 0.2) is 24.5 Å². The molecule has 0 spiro atoms. The van der Waals surface area contributed by atoms with Gasteiger partial charge in [0.25, 0.3) is 0 Å². The van der Waals surface area contributed by atoms with Gasteiger partial charge in [0.2, 0.25) is 5.91 Å². The summed E-state index contributed by atoms with van der Waals surface area (Å²) in [5, 5.41) is 17.6. The van der Waals surface area contributed by atoms with Crippen LogP contribution < -0.4 is 10.6 Å². The molecule has 1 aromatic heterocycles. The van der Waals surface area contributed by atoms with Crippen LogP contribution in [0, 0.1) is 16.7 Å². The van der Waals surface area contributed by atoms with E-state index in [0.29, 0.717) is 18.9 Å². The second-order valence-corrected chi connectivity index (χ2v) is 9.14. The lowest BCUT2D eigenvalue weighted by Crippen LogP contribution is -2.63. The van der Waals surface area contributed by atoms with Crippen LogP contribution in [0.1, 0.15) is 58.3 Å². The number of pyridine rings is 1. The molecule has 0 aromatic carbocycles. The maximum atomic E-state index is 13.1. The maximum Gasteiger partial charge on any atom is 0.226 e. The van der Waals surface area contributed by atoms with Gasteiger partial charge >= 0.3 is 0 Å². The van der Waals surface area contributed by atoms with Crippen molar-refractivity contribution >= 4 is 11.6 Å². The Bertz CT molecular complexity index is 666. The molecule has 4 fully saturated rings. The third kappa shape index (κ3) is 3.22. The number of aromatic nitrogens is 1. The Morgan fingerprint density at radius 3 is 2.88 bits per heavy atom. The van der Waals surface area contributed by atoms with Crippen molar-refractivity contribution in [2.75, 3.05) is 18.4 Å². The van der Waals surface area contributed by atoms with Crippen LogP contribution >= 0.6 is 0 Å². The van der Waals surface area contributed by atoms with E-state index in [0.717, 1.165) is 50.8 Å². The first-order valence-corrected chi connectivity index (χ1v) is 10.1. The van der Waals surface area contributed by atoms with Gasteiger partial charge in [0.15, 0.2) is 0 Å². The number of nitrogens with zero attached hydrogens (tertiary/aromatic N) is 1. The zero-order valence-corrected chi connectivity index (χ0v) is 15.8. The van der Waals surface area contributed by atoms with Gasteiger partial charge in [-0.1, -0.05) is 13.3 Å². The van der Waals surface area contributed by atoms with Crippen molar-refractivity contribution in [3.8, 4) is 0 Å². The molecule has 26 heavy (non-hydrogen) atoms. The summed E-state index contributed by atoms with van der Waals surface area (Å²) in [5.41, 5.74) is 0.259. The third-order valence-electron chi connectivity index (χ3n) is 7.02. The predicted octanol–water partition coefficient (Wildman–Crippen LogP) is 3.11. The molecular weight excluding hydrogens is 326 g/mol. The Kier molecular flexibility index (Phi) is 4.46. The molecule has 4 saturated carbocycles. The summed E-state index contributed by atoms with van der Waals surface area (Å²) in [4.78, 5) is 17.2. The van der Waals surface area contributed by atoms with Crippen molar-refractivity contribution < 1.29 is 9.90 Å². The van der Waals surface area contributed by atoms with Crippen LogP contribution in [0.25, 0.3) is 0 Å². The maximum absolute atomic E-state index is 13.1. The fourth-order valence-corrected chi connectivity index (χ4v) is 6.41. The molecule has 5 heteroatoms. The first kappa shape index (κ1) is 17.8. The second kappa shape index (κ2) is 6.52. The van der Waals surface area contributed by atoms with Gasteiger partial charge in [-0.05, 0) is 68.4 Å². The van der Waals surface area contributed by atoms with Crippen LogP contribution in [-0.2, 0) is 4.79 Å². The standard InChI is InChI=1S/C21H31N3O2/c1-2-19-9-16-10-20(13-19,15-21(26,11-16)14-19)18(25)24-8-4-7-23-17-5-3-6-22-12-17/h3,5-6,12,16,23,26H,2,4,7-11,13-15H2,1H3,(H,24,25). The SMILES string of the molecule is CCC12CC3CC(O)(C1)CC(C(=O)NCCCNc1cccnc1)(C3)C2. The number of aliphatic hydroxyl groups is 1. The third-order valence-corrected chi connectivity index (χ3v) is 7.02. The molecule has 4 aliphatic rings. The number of nitrogens with one attached hydrogen (secondary N) is 2. The summed E-state index contributed by atoms with van der Waals surface area (Å²) in [6.07, 6.45) is 11.1. The van der Waals surface area contributed by atoms with E-state index in [1.54, 1.807) is 12.4 Å². The van der Waals surface area contributed by atoms with Gasteiger partial charge in [-0.15, -0.1) is 0 Å². The Labute approximate surface area is 156 Å². The number of carbonyl (C=O) groups excluding carboxylic acids is 1. The van der Waals surface area contributed by atoms with E-state index < -0.39 is 5.60 Å². The number of anilines is 1. The van der Waals surface area contributed by atoms with Gasteiger partial charge in [-0.2, -0.15) is 0 Å². The van der Waals surface area contributed by atoms with Gasteiger partial charge < -0.3 is 15.7 Å². The molecule has 5 rings (SSSR count). The minimum Gasteiger partial charge on any atom is -0.390 e. The highest BCUT2D eigenvalue weighted by Gasteiger charge is 2.64. The molecular formula is C21H31N3O2. The lowest BCUT2D eigenvalue weighted by atomic mass is 9.42. The first-order valence-electron chi connectivity index (χ1n) is 10.1. The lowest BCUT2D eigenvalue weighted by Gasteiger charge is -2.64. The van der Waals surface area contributed by atoms with Crippen molar-refractivity contribution in [3.63, 3.8) is 0 Å². The van der Waals surface area contributed by atoms with Crippen molar-refractivity contribution in [1.82, 2.24) is 10.3 Å². The van der Waals surface area contributed by atoms with Gasteiger partial charge in [-0.25, -0.2) is 0 Å². The molecule has 0 radical (unpaired) electrons. The minimum atomic E-state index is -0.603. The van der Waals surface area contributed by atoms with Crippen molar-refractivity contribution in [2.45, 2.75) is 63.9 Å². The largest absolute Gasteiger partial charge is 0.390 e. The van der Waals surface area contributed by atoms with E-state index in [9.17, 15) is 9.90 Å². The van der Waals surface area contributed by atoms with E-state index in [-0.39, 0.29) is 16.7 Å². The Morgan fingerprint density at radius 1 is 1.27 bits per heavy atom. The fourth-order valence-electron chi connectivity index (χ4n) is 6.41. The van der Waals surface area contributed by atoms with Crippen molar-refractivity contribution in [1.29, 1.82) is 0 Å². The quantitative estimate of drug-likeness (QED) is 0.656. The molecule has 5 nitrogen and oxygen atoms in total. The van der Waals surface area contributed by atoms with Crippen molar-refractivity contribution in [2.24, 2.45) is 16.7 Å². The van der Waals surface area contributed by atoms with Crippen LogP contribution in [0.2, 0.25) is 0 Å². The van der Waals surface area contributed by atoms with E-state index in [1.165, 1.54) is 6.42 Å². The molecule has 0 saturated heterocycles. The number of carbonyl (C=O) groups is 1. The summed E-state index contributed by atoms with van der Waals surface area (Å²) in [6.45, 7) is 3.71. The molecule has 3 N–H and O–H groups in total. The highest BCUT2D eigenvalue weighted by molar-refractivity contribution is 5.83. The monoisotopic (exact) mass is 357 g/mol. The molecule has 4 aliphatic carbocycles. The molecule has 4 bridgehead atoms. The molecule has 4 unspecified atom stereocenters. The van der Waals surface area contributed by atoms with Gasteiger partial charge in [0.05, 0.1) is 16.7 Å². The lowest BCUT2D eigenvalue weighted by molar-refractivity contribution is -0.204. The second-order valence-electron chi connectivity index (χ2n) is 9.14. The van der Waals surface area contributed by atoms with Crippen molar-refractivity contribution in [3.05, 3.63) is 24.5 Å². The Hall–Kier alpha value is -1.62. The summed E-state index contributed by atoms with van der Waals surface area (Å²) in [6, 6.07) is 3.90. The van der Waals surface area contributed by atoms with Crippen LogP contribution in [-0.4, -0.2) is 34.7 Å². The smallest absolute Gasteiger partial charge is 0.226 e. The summed E-state index contributed by atoms with van der Waals surface area (Å²) in [7, 11) is 0. The predicted molar refractivity (Wildman–Crippen MR) is 102 cm³/mol. The highest BCUT2D eigenvalue weighted by atomic mass is 16.3. The van der Waals surface area contributed by atoms with Crippen LogP contribution in [0.5, 0.6) is 0 Å². The molecule has 142 valence electrons. The summed E-state index contributed by atoms with van der Waals surface area (Å²) >= 11 is 0. The Morgan fingerprint density at radius 2 is 2.15 bits per heavy atom. The van der Waals surface area contributed by atoms with Gasteiger partial charge in [0.1, 0.15) is 0 Å². The highest BCUT2D eigenvalue weighted by Crippen LogP contribution is 2.67. The number of rotatable bonds is 7. The number of hydrogen-bond donors (Lipinski definition) is 3. The van der Waals surface area contributed by atoms with E-state index in [4.69, 9.17) is 0 Å². The van der Waals surface area contributed by atoms with Crippen LogP contribution in [0.4, 0.5) is 5.69 Å². The minimum absolute atomic E-state index is 0.180. The zero-order valence-electron chi connectivity index (χ0n) is 15.8. The molecule has 1 heterocycles. The number of hydrogen-bond acceptors (Lipinski definition) is 4. The topological polar surface area (TPSA) is 74.2 Å². The first-order chi connectivity index (χ1) is 12.5. The van der Waals surface area contributed by atoms with E-state index in [1.807, 2.05) is 12.1 Å². The zero-order chi connectivity index (χ0) is 18.3. The van der Waals surface area contributed by atoms with E-state index >= 15 is 0 Å². The van der Waals surface area contributed by atoms with E-state index in [2.05, 4.69) is 22.5 Å². The van der Waals surface area contributed by atoms with Crippen LogP contribution in [0.3, 0.4) is 0 Å². The normalized spacial score (nSPS) is 37.5. The van der Waals surface area contributed by atoms with Gasteiger partial charge in [-0.3, -0.25) is 9.78 Å². The molecule has 4 atom stereocenters. The average molecular weight is 357 g/mol. The molecule has 1 aromatic rings. The summed E-state index contributed by atoms with van der Waals surface area (Å²) < 4.78 is 0. The number of amides is 1. The molecule has 1 amide bonds. The average Bonchev–Trinajstić information content (AvgIpc) is 2.60. The summed E-state index contributed by atoms with van der Waals surface area (Å²) in [5.74, 6) is 0.702. The fraction of sp³-hybridized carbons (Fsp3) is 0.714. The van der Waals surface area contributed by atoms with Gasteiger partial charge in [0, 0.05) is 25.5 Å².